The lowest BCUT2D eigenvalue weighted by Crippen LogP contribution is -2.63. The van der Waals surface area contributed by atoms with Crippen molar-refractivity contribution < 1.29 is 14.3 Å². The molecule has 0 aromatic rings. The molecule has 3 unspecified atom stereocenters. The molecule has 106 valence electrons. The van der Waals surface area contributed by atoms with Crippen molar-refractivity contribution in [1.82, 2.24) is 10.2 Å². The van der Waals surface area contributed by atoms with Gasteiger partial charge in [-0.3, -0.25) is 9.59 Å². The highest BCUT2D eigenvalue weighted by atomic mass is 16.5. The molecular formula is C14H22N2O3. The van der Waals surface area contributed by atoms with E-state index in [0.29, 0.717) is 5.92 Å². The Morgan fingerprint density at radius 1 is 1.21 bits per heavy atom. The van der Waals surface area contributed by atoms with Crippen LogP contribution in [0.25, 0.3) is 0 Å². The second-order valence-corrected chi connectivity index (χ2v) is 5.98. The van der Waals surface area contributed by atoms with Gasteiger partial charge in [-0.1, -0.05) is 0 Å². The zero-order valence-corrected chi connectivity index (χ0v) is 11.4. The first kappa shape index (κ1) is 12.9. The van der Waals surface area contributed by atoms with Crippen LogP contribution < -0.4 is 5.32 Å². The molecule has 0 aromatic carbocycles. The summed E-state index contributed by atoms with van der Waals surface area (Å²) >= 11 is 0. The Labute approximate surface area is 113 Å². The van der Waals surface area contributed by atoms with E-state index in [1.807, 2.05) is 4.90 Å². The minimum atomic E-state index is -0.221. The van der Waals surface area contributed by atoms with E-state index in [-0.39, 0.29) is 36.5 Å². The van der Waals surface area contributed by atoms with Gasteiger partial charge in [0.25, 0.3) is 0 Å². The number of nitrogens with zero attached hydrogens (tertiary/aromatic N) is 1. The molecule has 0 spiro atoms. The molecular weight excluding hydrogens is 244 g/mol. The number of amides is 2. The molecule has 0 bridgehead atoms. The summed E-state index contributed by atoms with van der Waals surface area (Å²) in [6.07, 6.45) is 6.39. The molecule has 5 heteroatoms. The highest BCUT2D eigenvalue weighted by molar-refractivity contribution is 5.95. The third kappa shape index (κ3) is 2.48. The fourth-order valence-corrected chi connectivity index (χ4v) is 3.51. The van der Waals surface area contributed by atoms with Gasteiger partial charge in [0.05, 0.1) is 12.6 Å². The monoisotopic (exact) mass is 266 g/mol. The number of methoxy groups -OCH3 is 1. The summed E-state index contributed by atoms with van der Waals surface area (Å²) < 4.78 is 5.45. The number of ether oxygens (including phenoxy) is 1. The molecule has 19 heavy (non-hydrogen) atoms. The first-order chi connectivity index (χ1) is 9.20. The molecule has 3 fully saturated rings. The van der Waals surface area contributed by atoms with Crippen LogP contribution in [-0.4, -0.2) is 48.6 Å². The van der Waals surface area contributed by atoms with Crippen LogP contribution in [0, 0.1) is 5.92 Å². The Balaban J connectivity index is 1.78. The number of piperazine rings is 1. The normalized spacial score (nSPS) is 36.3. The molecule has 2 aliphatic carbocycles. The lowest BCUT2D eigenvalue weighted by atomic mass is 9.89. The van der Waals surface area contributed by atoms with Crippen molar-refractivity contribution in [2.75, 3.05) is 13.7 Å². The Morgan fingerprint density at radius 3 is 2.68 bits per heavy atom. The summed E-state index contributed by atoms with van der Waals surface area (Å²) in [5.41, 5.74) is 0. The van der Waals surface area contributed by atoms with E-state index in [9.17, 15) is 9.59 Å². The number of hydrogen-bond acceptors (Lipinski definition) is 3. The summed E-state index contributed by atoms with van der Waals surface area (Å²) in [6, 6.07) is -0.0373. The van der Waals surface area contributed by atoms with E-state index in [2.05, 4.69) is 5.32 Å². The van der Waals surface area contributed by atoms with Crippen molar-refractivity contribution in [2.24, 2.45) is 5.92 Å². The summed E-state index contributed by atoms with van der Waals surface area (Å²) in [5, 5.41) is 2.74. The summed E-state index contributed by atoms with van der Waals surface area (Å²) in [6.45, 7) is 0.163. The van der Waals surface area contributed by atoms with E-state index in [4.69, 9.17) is 4.74 Å². The number of rotatable bonds is 3. The van der Waals surface area contributed by atoms with Gasteiger partial charge in [0.2, 0.25) is 11.8 Å². The van der Waals surface area contributed by atoms with Crippen LogP contribution in [0.5, 0.6) is 0 Å². The van der Waals surface area contributed by atoms with E-state index in [0.717, 1.165) is 38.5 Å². The average molecular weight is 266 g/mol. The molecule has 3 atom stereocenters. The zero-order chi connectivity index (χ0) is 13.4. The van der Waals surface area contributed by atoms with Gasteiger partial charge < -0.3 is 15.0 Å². The van der Waals surface area contributed by atoms with E-state index < -0.39 is 0 Å². The van der Waals surface area contributed by atoms with Crippen LogP contribution in [0.4, 0.5) is 0 Å². The first-order valence-electron chi connectivity index (χ1n) is 7.32. The molecule has 0 aromatic heterocycles. The third-order valence-corrected chi connectivity index (χ3v) is 4.66. The smallest absolute Gasteiger partial charge is 0.243 e. The van der Waals surface area contributed by atoms with Gasteiger partial charge in [0, 0.05) is 13.2 Å². The number of carbonyl (C=O) groups excluding carboxylic acids is 2. The topological polar surface area (TPSA) is 58.6 Å². The second-order valence-electron chi connectivity index (χ2n) is 5.98. The van der Waals surface area contributed by atoms with Gasteiger partial charge in [-0.05, 0) is 44.4 Å². The Kier molecular flexibility index (Phi) is 3.48. The quantitative estimate of drug-likeness (QED) is 0.817. The summed E-state index contributed by atoms with van der Waals surface area (Å²) in [7, 11) is 1.73. The zero-order valence-electron chi connectivity index (χ0n) is 11.4. The van der Waals surface area contributed by atoms with Crippen LogP contribution >= 0.6 is 0 Å². The number of nitrogens with one attached hydrogen (secondary N) is 1. The Morgan fingerprint density at radius 2 is 2.00 bits per heavy atom. The predicted octanol–water partition coefficient (Wildman–Crippen LogP) is 0.681. The lowest BCUT2D eigenvalue weighted by Gasteiger charge is -2.43. The molecule has 3 aliphatic rings. The first-order valence-corrected chi connectivity index (χ1v) is 7.32. The Bertz CT molecular complexity index is 381. The van der Waals surface area contributed by atoms with Crippen molar-refractivity contribution in [3.8, 4) is 0 Å². The fraction of sp³-hybridized carbons (Fsp3) is 0.857. The number of carbonyl (C=O) groups is 2. The Hall–Kier alpha value is -1.10. The minimum absolute atomic E-state index is 0.0432. The maximum Gasteiger partial charge on any atom is 0.243 e. The molecule has 3 rings (SSSR count). The standard InChI is InChI=1S/C14H22N2O3/c1-19-11-4-2-3-10(7-11)16-12(17)8-15-14(18)13(16)9-5-6-9/h9-11,13H,2-8H2,1H3,(H,15,18). The van der Waals surface area contributed by atoms with Crippen LogP contribution in [0.1, 0.15) is 38.5 Å². The minimum Gasteiger partial charge on any atom is -0.381 e. The molecule has 1 aliphatic heterocycles. The maximum atomic E-state index is 12.2. The van der Waals surface area contributed by atoms with Crippen LogP contribution in [0.3, 0.4) is 0 Å². The van der Waals surface area contributed by atoms with Gasteiger partial charge in [-0.25, -0.2) is 0 Å². The molecule has 1 heterocycles. The van der Waals surface area contributed by atoms with Crippen LogP contribution in [0.15, 0.2) is 0 Å². The molecule has 2 amide bonds. The number of hydrogen-bond donors (Lipinski definition) is 1. The van der Waals surface area contributed by atoms with Crippen LogP contribution in [0.2, 0.25) is 0 Å². The van der Waals surface area contributed by atoms with Gasteiger partial charge >= 0.3 is 0 Å². The van der Waals surface area contributed by atoms with Gasteiger partial charge in [-0.2, -0.15) is 0 Å². The predicted molar refractivity (Wildman–Crippen MR) is 69.4 cm³/mol. The van der Waals surface area contributed by atoms with E-state index in [1.54, 1.807) is 7.11 Å². The van der Waals surface area contributed by atoms with E-state index in [1.165, 1.54) is 0 Å². The fourth-order valence-electron chi connectivity index (χ4n) is 3.51. The van der Waals surface area contributed by atoms with Gasteiger partial charge in [0.1, 0.15) is 6.04 Å². The van der Waals surface area contributed by atoms with Crippen LogP contribution in [-0.2, 0) is 14.3 Å². The SMILES string of the molecule is COC1CCCC(N2C(=O)CNC(=O)C2C2CC2)C1. The molecule has 5 nitrogen and oxygen atoms in total. The van der Waals surface area contributed by atoms with Crippen molar-refractivity contribution in [3.63, 3.8) is 0 Å². The van der Waals surface area contributed by atoms with E-state index >= 15 is 0 Å². The molecule has 0 radical (unpaired) electrons. The lowest BCUT2D eigenvalue weighted by molar-refractivity contribution is -0.151. The van der Waals surface area contributed by atoms with Crippen molar-refractivity contribution >= 4 is 11.8 Å². The van der Waals surface area contributed by atoms with Gasteiger partial charge in [0.15, 0.2) is 0 Å². The molecule has 2 saturated carbocycles. The van der Waals surface area contributed by atoms with Crippen molar-refractivity contribution in [3.05, 3.63) is 0 Å². The maximum absolute atomic E-state index is 12.2. The average Bonchev–Trinajstić information content (AvgIpc) is 3.25. The molecule has 1 saturated heterocycles. The summed E-state index contributed by atoms with van der Waals surface area (Å²) in [4.78, 5) is 26.2. The second kappa shape index (κ2) is 5.12. The summed E-state index contributed by atoms with van der Waals surface area (Å²) in [5.74, 6) is 0.507. The highest BCUT2D eigenvalue weighted by Crippen LogP contribution is 2.39. The van der Waals surface area contributed by atoms with Gasteiger partial charge in [-0.15, -0.1) is 0 Å². The molecule has 1 N–H and O–H groups in total. The largest absolute Gasteiger partial charge is 0.381 e. The highest BCUT2D eigenvalue weighted by Gasteiger charge is 2.47. The van der Waals surface area contributed by atoms with Crippen molar-refractivity contribution in [2.45, 2.75) is 56.7 Å². The van der Waals surface area contributed by atoms with Crippen molar-refractivity contribution in [1.29, 1.82) is 0 Å². The third-order valence-electron chi connectivity index (χ3n) is 4.66.